The number of hydrogen-bond donors (Lipinski definition) is 1. The smallest absolute Gasteiger partial charge is 0.141 e. The van der Waals surface area contributed by atoms with Crippen LogP contribution in [0.4, 0.5) is 0 Å². The number of para-hydroxylation sites is 1. The van der Waals surface area contributed by atoms with E-state index in [1.807, 2.05) is 18.2 Å². The Balaban J connectivity index is 2.32. The molecule has 0 atom stereocenters. The van der Waals surface area contributed by atoms with Crippen molar-refractivity contribution in [2.75, 3.05) is 40.1 Å². The summed E-state index contributed by atoms with van der Waals surface area (Å²) in [5.74, 6) is 0.742. The zero-order valence-electron chi connectivity index (χ0n) is 11.4. The van der Waals surface area contributed by atoms with Crippen molar-refractivity contribution in [1.82, 2.24) is 0 Å². The molecule has 0 spiro atoms. The number of hydrogen-bond acceptors (Lipinski definition) is 4. The number of benzene rings is 1. The van der Waals surface area contributed by atoms with Crippen LogP contribution in [0.5, 0.6) is 5.75 Å². The van der Waals surface area contributed by atoms with Gasteiger partial charge in [0.25, 0.3) is 0 Å². The van der Waals surface area contributed by atoms with Gasteiger partial charge in [0.05, 0.1) is 24.8 Å². The van der Waals surface area contributed by atoms with Gasteiger partial charge in [-0.15, -0.1) is 0 Å². The first-order chi connectivity index (χ1) is 9.29. The van der Waals surface area contributed by atoms with E-state index in [9.17, 15) is 0 Å². The monoisotopic (exact) mass is 287 g/mol. The standard InChI is InChI=1S/C14H22ClNO3/c1-17-10-11-18-8-3-9-19-14-12(6-7-16)4-2-5-13(14)15/h2,4-5H,3,6-11,16H2,1H3. The van der Waals surface area contributed by atoms with Gasteiger partial charge < -0.3 is 19.9 Å². The maximum Gasteiger partial charge on any atom is 0.141 e. The highest BCUT2D eigenvalue weighted by molar-refractivity contribution is 6.32. The highest BCUT2D eigenvalue weighted by atomic mass is 35.5. The van der Waals surface area contributed by atoms with Crippen molar-refractivity contribution in [2.24, 2.45) is 5.73 Å². The maximum atomic E-state index is 6.13. The number of ether oxygens (including phenoxy) is 3. The molecule has 19 heavy (non-hydrogen) atoms. The molecule has 0 bridgehead atoms. The third-order valence-electron chi connectivity index (χ3n) is 2.57. The molecule has 2 N–H and O–H groups in total. The lowest BCUT2D eigenvalue weighted by molar-refractivity contribution is 0.0644. The van der Waals surface area contributed by atoms with Gasteiger partial charge in [-0.2, -0.15) is 0 Å². The van der Waals surface area contributed by atoms with Crippen LogP contribution in [0.3, 0.4) is 0 Å². The van der Waals surface area contributed by atoms with Crippen molar-refractivity contribution < 1.29 is 14.2 Å². The molecule has 0 amide bonds. The Labute approximate surface area is 119 Å². The molecule has 0 aliphatic heterocycles. The molecular weight excluding hydrogens is 266 g/mol. The molecule has 1 rings (SSSR count). The maximum absolute atomic E-state index is 6.13. The van der Waals surface area contributed by atoms with Crippen LogP contribution in [0.25, 0.3) is 0 Å². The fraction of sp³-hybridized carbons (Fsp3) is 0.571. The molecule has 1 aromatic rings. The summed E-state index contributed by atoms with van der Waals surface area (Å²) in [5, 5.41) is 0.631. The fourth-order valence-corrected chi connectivity index (χ4v) is 1.90. The first-order valence-electron chi connectivity index (χ1n) is 6.46. The average molecular weight is 288 g/mol. The molecule has 4 nitrogen and oxygen atoms in total. The lowest BCUT2D eigenvalue weighted by Gasteiger charge is -2.12. The molecule has 5 heteroatoms. The Hall–Kier alpha value is -0.810. The molecule has 0 fully saturated rings. The summed E-state index contributed by atoms with van der Waals surface area (Å²) in [6, 6.07) is 5.73. The van der Waals surface area contributed by atoms with Crippen LogP contribution >= 0.6 is 11.6 Å². The van der Waals surface area contributed by atoms with Crippen LogP contribution < -0.4 is 10.5 Å². The molecule has 0 unspecified atom stereocenters. The summed E-state index contributed by atoms with van der Waals surface area (Å²) in [4.78, 5) is 0. The van der Waals surface area contributed by atoms with Gasteiger partial charge in [-0.1, -0.05) is 23.7 Å². The second-order valence-electron chi connectivity index (χ2n) is 4.07. The summed E-state index contributed by atoms with van der Waals surface area (Å²) >= 11 is 6.13. The van der Waals surface area contributed by atoms with E-state index in [1.165, 1.54) is 0 Å². The predicted octanol–water partition coefficient (Wildman–Crippen LogP) is 2.27. The van der Waals surface area contributed by atoms with Gasteiger partial charge in [0.15, 0.2) is 0 Å². The lowest BCUT2D eigenvalue weighted by Crippen LogP contribution is -2.09. The van der Waals surface area contributed by atoms with Crippen molar-refractivity contribution in [2.45, 2.75) is 12.8 Å². The number of nitrogens with two attached hydrogens (primary N) is 1. The predicted molar refractivity (Wildman–Crippen MR) is 77.0 cm³/mol. The molecular formula is C14H22ClNO3. The zero-order chi connectivity index (χ0) is 13.9. The lowest BCUT2D eigenvalue weighted by atomic mass is 10.1. The number of methoxy groups -OCH3 is 1. The molecule has 0 saturated heterocycles. The van der Waals surface area contributed by atoms with Crippen molar-refractivity contribution in [1.29, 1.82) is 0 Å². The van der Waals surface area contributed by atoms with Crippen LogP contribution in [0.1, 0.15) is 12.0 Å². The van der Waals surface area contributed by atoms with E-state index in [2.05, 4.69) is 0 Å². The van der Waals surface area contributed by atoms with E-state index in [4.69, 9.17) is 31.5 Å². The first kappa shape index (κ1) is 16.2. The molecule has 1 aromatic carbocycles. The first-order valence-corrected chi connectivity index (χ1v) is 6.84. The Kier molecular flexibility index (Phi) is 8.58. The van der Waals surface area contributed by atoms with Crippen LogP contribution in [0.15, 0.2) is 18.2 Å². The fourth-order valence-electron chi connectivity index (χ4n) is 1.65. The van der Waals surface area contributed by atoms with Crippen LogP contribution in [0, 0.1) is 0 Å². The van der Waals surface area contributed by atoms with Gasteiger partial charge in [-0.05, 0) is 24.6 Å². The van der Waals surface area contributed by atoms with Gasteiger partial charge in [-0.25, -0.2) is 0 Å². The minimum atomic E-state index is 0.578. The second kappa shape index (κ2) is 10.0. The molecule has 0 radical (unpaired) electrons. The Morgan fingerprint density at radius 3 is 2.74 bits per heavy atom. The van der Waals surface area contributed by atoms with Crippen molar-refractivity contribution >= 4 is 11.6 Å². The van der Waals surface area contributed by atoms with Crippen LogP contribution in [-0.4, -0.2) is 40.1 Å². The van der Waals surface area contributed by atoms with E-state index < -0.39 is 0 Å². The number of rotatable bonds is 10. The third kappa shape index (κ3) is 6.25. The minimum absolute atomic E-state index is 0.578. The van der Waals surface area contributed by atoms with Gasteiger partial charge in [0.1, 0.15) is 5.75 Å². The summed E-state index contributed by atoms with van der Waals surface area (Å²) < 4.78 is 16.0. The average Bonchev–Trinajstić information content (AvgIpc) is 2.41. The van der Waals surface area contributed by atoms with Crippen LogP contribution in [-0.2, 0) is 15.9 Å². The summed E-state index contributed by atoms with van der Waals surface area (Å²) in [6.45, 7) is 3.04. The van der Waals surface area contributed by atoms with E-state index >= 15 is 0 Å². The number of halogens is 1. The summed E-state index contributed by atoms with van der Waals surface area (Å²) in [7, 11) is 1.66. The summed E-state index contributed by atoms with van der Waals surface area (Å²) in [6.07, 6.45) is 1.58. The molecule has 0 aliphatic rings. The Morgan fingerprint density at radius 1 is 1.16 bits per heavy atom. The highest BCUT2D eigenvalue weighted by Gasteiger charge is 2.07. The quantitative estimate of drug-likeness (QED) is 0.671. The van der Waals surface area contributed by atoms with Crippen LogP contribution in [0.2, 0.25) is 5.02 Å². The Morgan fingerprint density at radius 2 is 2.00 bits per heavy atom. The molecule has 0 aliphatic carbocycles. The topological polar surface area (TPSA) is 53.7 Å². The van der Waals surface area contributed by atoms with E-state index in [-0.39, 0.29) is 0 Å². The third-order valence-corrected chi connectivity index (χ3v) is 2.87. The van der Waals surface area contributed by atoms with Gasteiger partial charge in [0.2, 0.25) is 0 Å². The zero-order valence-corrected chi connectivity index (χ0v) is 12.1. The van der Waals surface area contributed by atoms with E-state index in [1.54, 1.807) is 7.11 Å². The van der Waals surface area contributed by atoms with Crippen molar-refractivity contribution in [3.63, 3.8) is 0 Å². The molecule has 0 heterocycles. The highest BCUT2D eigenvalue weighted by Crippen LogP contribution is 2.28. The van der Waals surface area contributed by atoms with Gasteiger partial charge in [-0.3, -0.25) is 0 Å². The molecule has 108 valence electrons. The van der Waals surface area contributed by atoms with Gasteiger partial charge in [0, 0.05) is 20.1 Å². The van der Waals surface area contributed by atoms with Gasteiger partial charge >= 0.3 is 0 Å². The normalized spacial score (nSPS) is 10.7. The second-order valence-corrected chi connectivity index (χ2v) is 4.48. The SMILES string of the molecule is COCCOCCCOc1c(Cl)cccc1CCN. The minimum Gasteiger partial charge on any atom is -0.492 e. The van der Waals surface area contributed by atoms with E-state index in [0.717, 1.165) is 24.2 Å². The largest absolute Gasteiger partial charge is 0.492 e. The van der Waals surface area contributed by atoms with Crippen molar-refractivity contribution in [3.05, 3.63) is 28.8 Å². The summed E-state index contributed by atoms with van der Waals surface area (Å²) in [5.41, 5.74) is 6.62. The molecule has 0 aromatic heterocycles. The Bertz CT molecular complexity index is 361. The molecule has 0 saturated carbocycles. The van der Waals surface area contributed by atoms with Crippen molar-refractivity contribution in [3.8, 4) is 5.75 Å². The van der Waals surface area contributed by atoms with E-state index in [0.29, 0.717) is 38.0 Å².